The molecule has 0 bridgehead atoms. The molecule has 2 rings (SSSR count). The van der Waals surface area contributed by atoms with Gasteiger partial charge >= 0.3 is 6.09 Å². The summed E-state index contributed by atoms with van der Waals surface area (Å²) in [7, 11) is -2.30. The number of amides is 1. The van der Waals surface area contributed by atoms with Crippen LogP contribution in [0, 0.1) is 0 Å². The van der Waals surface area contributed by atoms with E-state index in [9.17, 15) is 9.36 Å². The molecule has 20 heavy (non-hydrogen) atoms. The summed E-state index contributed by atoms with van der Waals surface area (Å²) in [5, 5.41) is 3.51. The first-order chi connectivity index (χ1) is 9.40. The van der Waals surface area contributed by atoms with E-state index in [2.05, 4.69) is 21.2 Å². The van der Waals surface area contributed by atoms with Gasteiger partial charge in [0.05, 0.1) is 6.10 Å². The highest BCUT2D eigenvalue weighted by Crippen LogP contribution is 2.52. The van der Waals surface area contributed by atoms with Crippen LogP contribution >= 0.6 is 23.1 Å². The SMILES string of the molecule is CC(C)OC(=O)Nc1ccc(Br)c(P2(=O)CCCC2)c1. The Morgan fingerprint density at radius 2 is 2.00 bits per heavy atom. The minimum Gasteiger partial charge on any atom is -0.447 e. The molecule has 0 aliphatic carbocycles. The molecule has 1 aliphatic heterocycles. The minimum absolute atomic E-state index is 0.168. The van der Waals surface area contributed by atoms with Crippen molar-refractivity contribution in [3.8, 4) is 0 Å². The van der Waals surface area contributed by atoms with Crippen molar-refractivity contribution in [2.75, 3.05) is 17.6 Å². The molecule has 1 amide bonds. The van der Waals surface area contributed by atoms with Gasteiger partial charge in [0.1, 0.15) is 7.14 Å². The fourth-order valence-electron chi connectivity index (χ4n) is 2.35. The topological polar surface area (TPSA) is 55.4 Å². The van der Waals surface area contributed by atoms with E-state index in [0.717, 1.165) is 34.9 Å². The second-order valence-corrected chi connectivity index (χ2v) is 9.30. The zero-order chi connectivity index (χ0) is 14.8. The summed E-state index contributed by atoms with van der Waals surface area (Å²) >= 11 is 3.47. The number of anilines is 1. The minimum atomic E-state index is -2.30. The summed E-state index contributed by atoms with van der Waals surface area (Å²) in [4.78, 5) is 11.6. The van der Waals surface area contributed by atoms with Gasteiger partial charge in [0.25, 0.3) is 0 Å². The predicted molar refractivity (Wildman–Crippen MR) is 85.6 cm³/mol. The van der Waals surface area contributed by atoms with Crippen LogP contribution in [0.2, 0.25) is 0 Å². The van der Waals surface area contributed by atoms with Crippen molar-refractivity contribution < 1.29 is 14.1 Å². The summed E-state index contributed by atoms with van der Waals surface area (Å²) < 4.78 is 18.8. The van der Waals surface area contributed by atoms with Crippen molar-refractivity contribution in [2.45, 2.75) is 32.8 Å². The molecular formula is C14H19BrNO3P. The van der Waals surface area contributed by atoms with Crippen LogP contribution in [0.5, 0.6) is 0 Å². The molecule has 0 unspecified atom stereocenters. The molecule has 0 aromatic heterocycles. The lowest BCUT2D eigenvalue weighted by Gasteiger charge is -2.16. The van der Waals surface area contributed by atoms with Gasteiger partial charge in [-0.05, 0) is 44.9 Å². The Morgan fingerprint density at radius 3 is 2.60 bits per heavy atom. The second kappa shape index (κ2) is 6.31. The van der Waals surface area contributed by atoms with E-state index in [-0.39, 0.29) is 6.10 Å². The van der Waals surface area contributed by atoms with Gasteiger partial charge in [-0.1, -0.05) is 15.9 Å². The van der Waals surface area contributed by atoms with Gasteiger partial charge in [-0.25, -0.2) is 4.79 Å². The van der Waals surface area contributed by atoms with E-state index < -0.39 is 13.2 Å². The first-order valence-corrected chi connectivity index (χ1v) is 9.63. The number of hydrogen-bond donors (Lipinski definition) is 1. The van der Waals surface area contributed by atoms with E-state index in [1.165, 1.54) is 0 Å². The van der Waals surface area contributed by atoms with Gasteiger partial charge in [0.15, 0.2) is 0 Å². The van der Waals surface area contributed by atoms with Gasteiger partial charge < -0.3 is 9.30 Å². The second-order valence-electron chi connectivity index (χ2n) is 5.29. The molecule has 0 spiro atoms. The van der Waals surface area contributed by atoms with Crippen LogP contribution in [0.1, 0.15) is 26.7 Å². The van der Waals surface area contributed by atoms with E-state index in [0.29, 0.717) is 5.69 Å². The lowest BCUT2D eigenvalue weighted by atomic mass is 10.3. The molecule has 1 aromatic carbocycles. The summed E-state index contributed by atoms with van der Waals surface area (Å²) in [5.41, 5.74) is 0.621. The van der Waals surface area contributed by atoms with Crippen molar-refractivity contribution in [3.05, 3.63) is 22.7 Å². The number of carbonyl (C=O) groups is 1. The molecule has 1 aromatic rings. The maximum Gasteiger partial charge on any atom is 0.411 e. The van der Waals surface area contributed by atoms with Crippen molar-refractivity contribution >= 4 is 40.2 Å². The monoisotopic (exact) mass is 359 g/mol. The Kier molecular flexibility index (Phi) is 4.92. The average Bonchev–Trinajstić information content (AvgIpc) is 2.78. The summed E-state index contributed by atoms with van der Waals surface area (Å²) in [6.07, 6.45) is 2.88. The molecule has 1 saturated heterocycles. The molecular weight excluding hydrogens is 341 g/mol. The molecule has 110 valence electrons. The molecule has 1 aliphatic rings. The number of hydrogen-bond acceptors (Lipinski definition) is 3. The first kappa shape index (κ1) is 15.6. The third-order valence-corrected chi connectivity index (χ3v) is 7.59. The normalized spacial score (nSPS) is 17.2. The molecule has 0 radical (unpaired) electrons. The number of halogens is 1. The van der Waals surface area contributed by atoms with Crippen molar-refractivity contribution in [1.29, 1.82) is 0 Å². The van der Waals surface area contributed by atoms with Crippen LogP contribution in [0.15, 0.2) is 22.7 Å². The molecule has 0 atom stereocenters. The molecule has 1 heterocycles. The van der Waals surface area contributed by atoms with Crippen LogP contribution in [-0.2, 0) is 9.30 Å². The van der Waals surface area contributed by atoms with Crippen LogP contribution in [0.25, 0.3) is 0 Å². The van der Waals surface area contributed by atoms with Gasteiger partial charge in [-0.3, -0.25) is 5.32 Å². The van der Waals surface area contributed by atoms with Crippen molar-refractivity contribution in [2.24, 2.45) is 0 Å². The molecule has 1 N–H and O–H groups in total. The smallest absolute Gasteiger partial charge is 0.411 e. The quantitative estimate of drug-likeness (QED) is 0.823. The third kappa shape index (κ3) is 3.64. The maximum absolute atomic E-state index is 12.9. The number of benzene rings is 1. The van der Waals surface area contributed by atoms with Crippen LogP contribution in [0.3, 0.4) is 0 Å². The van der Waals surface area contributed by atoms with Crippen LogP contribution in [0.4, 0.5) is 10.5 Å². The lowest BCUT2D eigenvalue weighted by molar-refractivity contribution is 0.130. The molecule has 0 saturated carbocycles. The number of ether oxygens (including phenoxy) is 1. The fourth-order valence-corrected chi connectivity index (χ4v) is 6.58. The number of nitrogens with one attached hydrogen (secondary N) is 1. The average molecular weight is 360 g/mol. The molecule has 1 fully saturated rings. The molecule has 6 heteroatoms. The third-order valence-electron chi connectivity index (χ3n) is 3.26. The van der Waals surface area contributed by atoms with Crippen LogP contribution in [-0.4, -0.2) is 24.5 Å². The van der Waals surface area contributed by atoms with E-state index >= 15 is 0 Å². The highest BCUT2D eigenvalue weighted by atomic mass is 79.9. The van der Waals surface area contributed by atoms with E-state index in [1.54, 1.807) is 26.0 Å². The summed E-state index contributed by atoms with van der Waals surface area (Å²) in [5.74, 6) is 0. The van der Waals surface area contributed by atoms with Crippen molar-refractivity contribution in [1.82, 2.24) is 0 Å². The highest BCUT2D eigenvalue weighted by molar-refractivity contribution is 9.10. The zero-order valence-electron chi connectivity index (χ0n) is 11.7. The van der Waals surface area contributed by atoms with Crippen molar-refractivity contribution in [3.63, 3.8) is 0 Å². The predicted octanol–water partition coefficient (Wildman–Crippen LogP) is 4.19. The maximum atomic E-state index is 12.9. The van der Waals surface area contributed by atoms with E-state index in [4.69, 9.17) is 4.74 Å². The van der Waals surface area contributed by atoms with Gasteiger partial charge in [-0.2, -0.15) is 0 Å². The van der Waals surface area contributed by atoms with Gasteiger partial charge in [0.2, 0.25) is 0 Å². The Bertz CT molecular complexity index is 549. The first-order valence-electron chi connectivity index (χ1n) is 6.76. The van der Waals surface area contributed by atoms with Gasteiger partial charge in [-0.15, -0.1) is 0 Å². The Morgan fingerprint density at radius 1 is 1.35 bits per heavy atom. The number of rotatable bonds is 3. The largest absolute Gasteiger partial charge is 0.447 e. The standard InChI is InChI=1S/C14H19BrNO3P/c1-10(2)19-14(17)16-11-5-6-12(15)13(9-11)20(18)7-3-4-8-20/h5-6,9-10H,3-4,7-8H2,1-2H3,(H,16,17). The van der Waals surface area contributed by atoms with Crippen LogP contribution < -0.4 is 10.6 Å². The zero-order valence-corrected chi connectivity index (χ0v) is 14.2. The van der Waals surface area contributed by atoms with Gasteiger partial charge in [0, 0.05) is 27.8 Å². The Hall–Kier alpha value is -0.800. The number of carbonyl (C=O) groups excluding carboxylic acids is 1. The lowest BCUT2D eigenvalue weighted by Crippen LogP contribution is -2.19. The molecule has 4 nitrogen and oxygen atoms in total. The fraction of sp³-hybridized carbons (Fsp3) is 0.500. The Labute approximate surface area is 127 Å². The summed E-state index contributed by atoms with van der Waals surface area (Å²) in [6.45, 7) is 3.59. The Balaban J connectivity index is 2.21. The summed E-state index contributed by atoms with van der Waals surface area (Å²) in [6, 6.07) is 5.41. The van der Waals surface area contributed by atoms with E-state index in [1.807, 2.05) is 6.07 Å². The highest BCUT2D eigenvalue weighted by Gasteiger charge is 2.31.